The maximum atomic E-state index is 13.3. The van der Waals surface area contributed by atoms with E-state index in [0.29, 0.717) is 30.4 Å². The number of carbonyl (C=O) groups is 2. The van der Waals surface area contributed by atoms with E-state index in [4.69, 9.17) is 13.7 Å². The maximum absolute atomic E-state index is 13.3. The zero-order valence-corrected chi connectivity index (χ0v) is 22.7. The van der Waals surface area contributed by atoms with Crippen molar-refractivity contribution in [2.75, 3.05) is 7.11 Å². The van der Waals surface area contributed by atoms with E-state index in [1.54, 1.807) is 12.1 Å². The third-order valence-electron chi connectivity index (χ3n) is 6.30. The number of rotatable bonds is 9. The third kappa shape index (κ3) is 6.60. The number of allylic oxidation sites excluding steroid dienone is 2. The molecule has 0 spiro atoms. The van der Waals surface area contributed by atoms with Crippen molar-refractivity contribution in [3.63, 3.8) is 0 Å². The first-order valence-electron chi connectivity index (χ1n) is 12.1. The smallest absolute Gasteiger partial charge is 0.342 e. The number of hydrogen-bond acceptors (Lipinski definition) is 7. The Kier molecular flexibility index (Phi) is 9.17. The Morgan fingerprint density at radius 2 is 1.81 bits per heavy atom. The van der Waals surface area contributed by atoms with Crippen LogP contribution in [0, 0.1) is 25.7 Å². The van der Waals surface area contributed by atoms with Crippen LogP contribution in [0.4, 0.5) is 0 Å². The number of hydrogen-bond donors (Lipinski definition) is 0. The summed E-state index contributed by atoms with van der Waals surface area (Å²) in [6.07, 6.45) is 3.96. The minimum Gasteiger partial charge on any atom is -0.469 e. The van der Waals surface area contributed by atoms with Gasteiger partial charge >= 0.3 is 22.1 Å². The van der Waals surface area contributed by atoms with Crippen LogP contribution in [0.3, 0.4) is 0 Å². The highest BCUT2D eigenvalue weighted by atomic mass is 32.2. The number of carbonyl (C=O) groups excluding carboxylic acids is 2. The van der Waals surface area contributed by atoms with Crippen LogP contribution < -0.4 is 4.18 Å². The fraction of sp³-hybridized carbons (Fsp3) is 0.379. The van der Waals surface area contributed by atoms with Crippen LogP contribution >= 0.6 is 0 Å². The Bertz CT molecular complexity index is 1390. The summed E-state index contributed by atoms with van der Waals surface area (Å²) in [5, 5.41) is 0. The van der Waals surface area contributed by atoms with Crippen molar-refractivity contribution in [1.29, 1.82) is 0 Å². The van der Waals surface area contributed by atoms with E-state index >= 15 is 0 Å². The summed E-state index contributed by atoms with van der Waals surface area (Å²) in [6, 6.07) is 6.32. The molecule has 0 radical (unpaired) electrons. The molecule has 8 heteroatoms. The van der Waals surface area contributed by atoms with E-state index < -0.39 is 16.1 Å². The van der Waals surface area contributed by atoms with E-state index in [2.05, 4.69) is 11.8 Å². The highest BCUT2D eigenvalue weighted by Crippen LogP contribution is 2.40. The average molecular weight is 525 g/mol. The van der Waals surface area contributed by atoms with Crippen molar-refractivity contribution in [2.45, 2.75) is 71.3 Å². The lowest BCUT2D eigenvalue weighted by Gasteiger charge is -2.19. The summed E-state index contributed by atoms with van der Waals surface area (Å²) < 4.78 is 42.4. The second kappa shape index (κ2) is 12.1. The van der Waals surface area contributed by atoms with Crippen molar-refractivity contribution in [3.8, 4) is 17.6 Å². The van der Waals surface area contributed by atoms with Gasteiger partial charge in [0.25, 0.3) is 0 Å². The van der Waals surface area contributed by atoms with E-state index in [-0.39, 0.29) is 41.6 Å². The van der Waals surface area contributed by atoms with Gasteiger partial charge in [0, 0.05) is 30.4 Å². The largest absolute Gasteiger partial charge is 0.469 e. The van der Waals surface area contributed by atoms with Gasteiger partial charge in [-0.05, 0) is 56.9 Å². The molecule has 2 aromatic rings. The third-order valence-corrected chi connectivity index (χ3v) is 7.54. The fourth-order valence-corrected chi connectivity index (χ4v) is 5.06. The van der Waals surface area contributed by atoms with Crippen molar-refractivity contribution in [2.24, 2.45) is 0 Å². The number of fused-ring (bicyclic) bond motifs is 1. The molecule has 0 fully saturated rings. The molecule has 1 aliphatic heterocycles. The first kappa shape index (κ1) is 28.0. The maximum Gasteiger partial charge on any atom is 0.342 e. The molecule has 1 heterocycles. The molecule has 0 aromatic heterocycles. The lowest BCUT2D eigenvalue weighted by atomic mass is 9.88. The minimum atomic E-state index is -4.24. The van der Waals surface area contributed by atoms with Crippen LogP contribution in [-0.4, -0.2) is 27.5 Å². The normalized spacial score (nSPS) is 12.9. The Hall–Kier alpha value is -3.57. The van der Waals surface area contributed by atoms with Crippen molar-refractivity contribution < 1.29 is 31.7 Å². The number of esters is 2. The monoisotopic (exact) mass is 524 g/mol. The van der Waals surface area contributed by atoms with E-state index in [1.807, 2.05) is 33.8 Å². The summed E-state index contributed by atoms with van der Waals surface area (Å²) >= 11 is 0. The van der Waals surface area contributed by atoms with Crippen LogP contribution in [0.15, 0.2) is 40.8 Å². The molecule has 0 saturated heterocycles. The van der Waals surface area contributed by atoms with E-state index in [9.17, 15) is 18.0 Å². The Morgan fingerprint density at radius 3 is 2.46 bits per heavy atom. The van der Waals surface area contributed by atoms with Crippen LogP contribution in [0.5, 0.6) is 5.75 Å². The summed E-state index contributed by atoms with van der Waals surface area (Å²) in [5.74, 6) is 5.24. The Labute approximate surface area is 218 Å². The van der Waals surface area contributed by atoms with Crippen LogP contribution in [0.2, 0.25) is 0 Å². The molecule has 0 N–H and O–H groups in total. The minimum absolute atomic E-state index is 0.0122. The number of methoxy groups -OCH3 is 1. The number of benzene rings is 2. The molecular formula is C29H32O7S. The summed E-state index contributed by atoms with van der Waals surface area (Å²) in [6.45, 7) is 7.63. The van der Waals surface area contributed by atoms with Gasteiger partial charge in [0.1, 0.15) is 17.1 Å². The summed E-state index contributed by atoms with van der Waals surface area (Å²) in [7, 11) is -2.90. The lowest BCUT2D eigenvalue weighted by molar-refractivity contribution is -0.140. The Balaban J connectivity index is 2.16. The fourth-order valence-electron chi connectivity index (χ4n) is 4.09. The Morgan fingerprint density at radius 1 is 1.11 bits per heavy atom. The molecular weight excluding hydrogens is 492 g/mol. The molecule has 0 atom stereocenters. The molecule has 196 valence electrons. The van der Waals surface area contributed by atoms with Gasteiger partial charge in [-0.1, -0.05) is 42.2 Å². The molecule has 0 saturated carbocycles. The van der Waals surface area contributed by atoms with Gasteiger partial charge in [0.2, 0.25) is 0 Å². The molecule has 1 aliphatic rings. The molecule has 2 aromatic carbocycles. The molecule has 7 nitrogen and oxygen atoms in total. The molecule has 3 rings (SSSR count). The molecule has 37 heavy (non-hydrogen) atoms. The second-order valence-electron chi connectivity index (χ2n) is 8.91. The number of cyclic esters (lactones) is 1. The van der Waals surface area contributed by atoms with Gasteiger partial charge in [0.05, 0.1) is 7.11 Å². The molecule has 0 amide bonds. The summed E-state index contributed by atoms with van der Waals surface area (Å²) in [5.41, 5.74) is 4.78. The zero-order valence-electron chi connectivity index (χ0n) is 21.9. The first-order valence-corrected chi connectivity index (χ1v) is 13.5. The summed E-state index contributed by atoms with van der Waals surface area (Å²) in [4.78, 5) is 24.3. The number of aryl methyl sites for hydroxylation is 1. The first-order chi connectivity index (χ1) is 17.6. The van der Waals surface area contributed by atoms with Crippen molar-refractivity contribution in [1.82, 2.24) is 0 Å². The van der Waals surface area contributed by atoms with Crippen molar-refractivity contribution in [3.05, 3.63) is 69.3 Å². The molecule has 0 unspecified atom stereocenters. The molecule has 0 bridgehead atoms. The van der Waals surface area contributed by atoms with Gasteiger partial charge in [-0.3, -0.25) is 4.79 Å². The highest BCUT2D eigenvalue weighted by Gasteiger charge is 2.34. The van der Waals surface area contributed by atoms with Gasteiger partial charge < -0.3 is 13.7 Å². The highest BCUT2D eigenvalue weighted by molar-refractivity contribution is 7.87. The van der Waals surface area contributed by atoms with Gasteiger partial charge in [-0.15, -0.1) is 5.92 Å². The lowest BCUT2D eigenvalue weighted by Crippen LogP contribution is -2.16. The van der Waals surface area contributed by atoms with E-state index in [0.717, 1.165) is 22.3 Å². The topological polar surface area (TPSA) is 96.0 Å². The predicted octanol–water partition coefficient (Wildman–Crippen LogP) is 5.14. The second-order valence-corrected chi connectivity index (χ2v) is 10.5. The van der Waals surface area contributed by atoms with Gasteiger partial charge in [-0.25, -0.2) is 4.79 Å². The molecule has 0 aliphatic carbocycles. The number of ether oxygens (including phenoxy) is 2. The van der Waals surface area contributed by atoms with Gasteiger partial charge in [-0.2, -0.15) is 8.42 Å². The quantitative estimate of drug-likeness (QED) is 0.194. The SMILES string of the molecule is CCC#CCc1c(C)c2c(c(OS(=O)(=O)c3ccc(C)cc3)c1CC=C(C)CCC(=O)OC)C(=O)OC2. The van der Waals surface area contributed by atoms with Crippen LogP contribution in [0.25, 0.3) is 0 Å². The van der Waals surface area contributed by atoms with E-state index in [1.165, 1.54) is 19.2 Å². The van der Waals surface area contributed by atoms with Crippen LogP contribution in [-0.2, 0) is 43.8 Å². The average Bonchev–Trinajstić information content (AvgIpc) is 3.26. The van der Waals surface area contributed by atoms with Crippen LogP contribution in [0.1, 0.15) is 71.3 Å². The van der Waals surface area contributed by atoms with Crippen molar-refractivity contribution >= 4 is 22.1 Å². The predicted molar refractivity (Wildman–Crippen MR) is 140 cm³/mol. The zero-order chi connectivity index (χ0) is 27.2. The van der Waals surface area contributed by atoms with Gasteiger partial charge in [0.15, 0.2) is 5.75 Å². The standard InChI is InChI=1S/C29H32O7S/c1-6-7-8-9-23-21(4)25-18-35-29(31)27(25)28(24(23)16-12-20(3)13-17-26(30)34-5)36-37(32,33)22-14-10-19(2)11-15-22/h10-12,14-15H,6,9,13,16-18H2,1-5H3.